The van der Waals surface area contributed by atoms with E-state index in [0.717, 1.165) is 29.5 Å². The highest BCUT2D eigenvalue weighted by atomic mass is 32.1. The number of nitrogen functional groups attached to an aromatic ring is 1. The van der Waals surface area contributed by atoms with Crippen molar-refractivity contribution in [2.75, 3.05) is 5.43 Å². The third kappa shape index (κ3) is 1.64. The Balaban J connectivity index is 2.28. The van der Waals surface area contributed by atoms with Gasteiger partial charge in [-0.05, 0) is 30.7 Å². The van der Waals surface area contributed by atoms with Gasteiger partial charge in [-0.15, -0.1) is 11.3 Å². The summed E-state index contributed by atoms with van der Waals surface area (Å²) in [6, 6.07) is 0. The first-order valence-corrected chi connectivity index (χ1v) is 6.52. The van der Waals surface area contributed by atoms with Gasteiger partial charge in [0.15, 0.2) is 0 Å². The molecule has 0 amide bonds. The fraction of sp³-hybridized carbons (Fsp3) is 0.455. The van der Waals surface area contributed by atoms with Crippen molar-refractivity contribution in [2.24, 2.45) is 11.8 Å². The van der Waals surface area contributed by atoms with Gasteiger partial charge in [-0.2, -0.15) is 0 Å². The molecule has 4 N–H and O–H groups in total. The van der Waals surface area contributed by atoms with Crippen molar-refractivity contribution in [1.29, 1.82) is 0 Å². The Morgan fingerprint density at radius 2 is 2.41 bits per heavy atom. The van der Waals surface area contributed by atoms with Crippen molar-refractivity contribution in [3.05, 3.63) is 20.8 Å². The minimum Gasteiger partial charge on any atom is -0.294 e. The van der Waals surface area contributed by atoms with Crippen molar-refractivity contribution in [2.45, 2.75) is 26.2 Å². The van der Waals surface area contributed by atoms with Crippen molar-refractivity contribution >= 4 is 27.5 Å². The van der Waals surface area contributed by atoms with E-state index in [4.69, 9.17) is 5.84 Å². The van der Waals surface area contributed by atoms with Crippen LogP contribution in [0.3, 0.4) is 0 Å². The van der Waals surface area contributed by atoms with Gasteiger partial charge >= 0.3 is 0 Å². The summed E-state index contributed by atoms with van der Waals surface area (Å²) < 4.78 is 0. The molecule has 0 radical (unpaired) electrons. The lowest BCUT2D eigenvalue weighted by Crippen LogP contribution is -2.17. The topological polar surface area (TPSA) is 83.8 Å². The van der Waals surface area contributed by atoms with E-state index >= 15 is 0 Å². The van der Waals surface area contributed by atoms with Crippen molar-refractivity contribution in [3.63, 3.8) is 0 Å². The van der Waals surface area contributed by atoms with Crippen LogP contribution in [0.15, 0.2) is 4.79 Å². The molecule has 0 fully saturated rings. The smallest absolute Gasteiger partial charge is 0.261 e. The number of H-pyrrole nitrogens is 1. The number of thiophene rings is 1. The summed E-state index contributed by atoms with van der Waals surface area (Å²) in [7, 11) is 0. The van der Waals surface area contributed by atoms with Crippen molar-refractivity contribution < 1.29 is 0 Å². The van der Waals surface area contributed by atoms with Crippen LogP contribution in [0.4, 0.5) is 5.95 Å². The number of aryl methyl sites for hydroxylation is 1. The second-order valence-corrected chi connectivity index (χ2v) is 5.67. The predicted molar refractivity (Wildman–Crippen MR) is 69.2 cm³/mol. The standard InChI is InChI=1S/C11H14N4OS/c1-5-2-3-6-7(4-5)17-10-8(6)9(16)13-11(14-10)15-12/h5H,2-4,12H2,1H3,(H2,13,14,15,16)/t5-/m1/s1. The first-order chi connectivity index (χ1) is 8.19. The maximum absolute atomic E-state index is 12.0. The number of hydrazine groups is 1. The molecular formula is C11H14N4OS. The zero-order valence-electron chi connectivity index (χ0n) is 9.54. The molecule has 90 valence electrons. The van der Waals surface area contributed by atoms with E-state index in [-0.39, 0.29) is 5.56 Å². The van der Waals surface area contributed by atoms with E-state index in [9.17, 15) is 4.79 Å². The van der Waals surface area contributed by atoms with Gasteiger partial charge in [0, 0.05) is 4.88 Å². The molecular weight excluding hydrogens is 236 g/mol. The van der Waals surface area contributed by atoms with Crippen LogP contribution in [0.2, 0.25) is 0 Å². The SMILES string of the molecule is C[C@@H]1CCc2c(sc3nc(NN)[nH]c(=O)c23)C1. The summed E-state index contributed by atoms with van der Waals surface area (Å²) in [5, 5.41) is 0.760. The molecule has 0 saturated carbocycles. The molecule has 0 aliphatic heterocycles. The quantitative estimate of drug-likeness (QED) is 0.527. The largest absolute Gasteiger partial charge is 0.294 e. The normalized spacial score (nSPS) is 19.3. The second kappa shape index (κ2) is 3.82. The molecule has 2 aromatic heterocycles. The Hall–Kier alpha value is -1.40. The van der Waals surface area contributed by atoms with Crippen LogP contribution in [0.25, 0.3) is 10.2 Å². The zero-order chi connectivity index (χ0) is 12.0. The summed E-state index contributed by atoms with van der Waals surface area (Å²) in [4.78, 5) is 21.1. The molecule has 0 aromatic carbocycles. The molecule has 2 aromatic rings. The van der Waals surface area contributed by atoms with Crippen LogP contribution in [0, 0.1) is 5.92 Å². The number of nitrogens with zero attached hydrogens (tertiary/aromatic N) is 1. The Bertz CT molecular complexity index is 630. The molecule has 1 aliphatic carbocycles. The molecule has 1 aliphatic rings. The average molecular weight is 250 g/mol. The molecule has 17 heavy (non-hydrogen) atoms. The monoisotopic (exact) mass is 250 g/mol. The van der Waals surface area contributed by atoms with Crippen LogP contribution < -0.4 is 16.8 Å². The summed E-state index contributed by atoms with van der Waals surface area (Å²) in [5.41, 5.74) is 3.50. The number of rotatable bonds is 1. The van der Waals surface area contributed by atoms with Crippen LogP contribution >= 0.6 is 11.3 Å². The molecule has 0 spiro atoms. The Morgan fingerprint density at radius 3 is 3.18 bits per heavy atom. The molecule has 0 unspecified atom stereocenters. The molecule has 5 nitrogen and oxygen atoms in total. The zero-order valence-corrected chi connectivity index (χ0v) is 10.4. The Kier molecular flexibility index (Phi) is 2.41. The van der Waals surface area contributed by atoms with E-state index in [1.54, 1.807) is 11.3 Å². The number of nitrogens with one attached hydrogen (secondary N) is 2. The molecule has 1 atom stereocenters. The Labute approximate surface area is 102 Å². The number of aromatic amines is 1. The van der Waals surface area contributed by atoms with Crippen LogP contribution in [0.1, 0.15) is 23.8 Å². The fourth-order valence-corrected chi connectivity index (χ4v) is 3.80. The minimum absolute atomic E-state index is 0.0880. The summed E-state index contributed by atoms with van der Waals surface area (Å²) in [6.07, 6.45) is 3.19. The number of hydrogen-bond donors (Lipinski definition) is 3. The number of fused-ring (bicyclic) bond motifs is 3. The molecule has 6 heteroatoms. The molecule has 0 saturated heterocycles. The number of nitrogens with two attached hydrogens (primary N) is 1. The lowest BCUT2D eigenvalue weighted by Gasteiger charge is -2.17. The van der Waals surface area contributed by atoms with E-state index in [1.807, 2.05) is 0 Å². The number of aromatic nitrogens is 2. The van der Waals surface area contributed by atoms with Crippen molar-refractivity contribution in [1.82, 2.24) is 9.97 Å². The van der Waals surface area contributed by atoms with Gasteiger partial charge in [-0.1, -0.05) is 6.92 Å². The first kappa shape index (κ1) is 10.7. The van der Waals surface area contributed by atoms with E-state index < -0.39 is 0 Å². The Morgan fingerprint density at radius 1 is 1.59 bits per heavy atom. The average Bonchev–Trinajstić information content (AvgIpc) is 2.66. The highest BCUT2D eigenvalue weighted by Crippen LogP contribution is 2.35. The summed E-state index contributed by atoms with van der Waals surface area (Å²) >= 11 is 1.62. The van der Waals surface area contributed by atoms with Gasteiger partial charge in [0.1, 0.15) is 4.83 Å². The van der Waals surface area contributed by atoms with Gasteiger partial charge in [0.2, 0.25) is 5.95 Å². The van der Waals surface area contributed by atoms with Gasteiger partial charge in [0.25, 0.3) is 5.56 Å². The lowest BCUT2D eigenvalue weighted by molar-refractivity contribution is 0.509. The van der Waals surface area contributed by atoms with Gasteiger partial charge in [0.05, 0.1) is 5.39 Å². The highest BCUT2D eigenvalue weighted by Gasteiger charge is 2.22. The predicted octanol–water partition coefficient (Wildman–Crippen LogP) is 1.39. The third-order valence-electron chi connectivity index (χ3n) is 3.30. The fourth-order valence-electron chi connectivity index (χ4n) is 2.42. The second-order valence-electron chi connectivity index (χ2n) is 4.59. The maximum Gasteiger partial charge on any atom is 0.261 e. The first-order valence-electron chi connectivity index (χ1n) is 5.70. The number of hydrogen-bond acceptors (Lipinski definition) is 5. The minimum atomic E-state index is -0.0880. The highest BCUT2D eigenvalue weighted by molar-refractivity contribution is 7.18. The van der Waals surface area contributed by atoms with Crippen LogP contribution in [-0.4, -0.2) is 9.97 Å². The van der Waals surface area contributed by atoms with E-state index in [1.165, 1.54) is 10.4 Å². The number of anilines is 1. The molecule has 3 rings (SSSR count). The third-order valence-corrected chi connectivity index (χ3v) is 4.45. The lowest BCUT2D eigenvalue weighted by atomic mass is 9.89. The van der Waals surface area contributed by atoms with Gasteiger partial charge < -0.3 is 0 Å². The molecule has 2 heterocycles. The van der Waals surface area contributed by atoms with Gasteiger partial charge in [-0.25, -0.2) is 10.8 Å². The van der Waals surface area contributed by atoms with Crippen LogP contribution in [-0.2, 0) is 12.8 Å². The maximum atomic E-state index is 12.0. The van der Waals surface area contributed by atoms with Crippen LogP contribution in [0.5, 0.6) is 0 Å². The van der Waals surface area contributed by atoms with E-state index in [2.05, 4.69) is 22.3 Å². The van der Waals surface area contributed by atoms with Gasteiger partial charge in [-0.3, -0.25) is 15.2 Å². The summed E-state index contributed by atoms with van der Waals surface area (Å²) in [6.45, 7) is 2.25. The van der Waals surface area contributed by atoms with E-state index in [0.29, 0.717) is 11.9 Å². The summed E-state index contributed by atoms with van der Waals surface area (Å²) in [5.74, 6) is 6.30. The molecule has 0 bridgehead atoms. The van der Waals surface area contributed by atoms with Crippen molar-refractivity contribution in [3.8, 4) is 0 Å².